The molecule has 3 aromatic carbocycles. The molecule has 0 aliphatic rings. The van der Waals surface area contributed by atoms with Crippen molar-refractivity contribution in [1.82, 2.24) is 0 Å². The van der Waals surface area contributed by atoms with Gasteiger partial charge in [0.25, 0.3) is 0 Å². The average Bonchev–Trinajstić information content (AvgIpc) is 2.70. The monoisotopic (exact) mass is 460 g/mol. The Labute approximate surface area is 185 Å². The molecule has 0 N–H and O–H groups in total. The molecule has 0 spiro atoms. The molecule has 4 nitrogen and oxygen atoms in total. The molecule has 0 heterocycles. The number of carbonyl (C=O) groups is 2. The minimum Gasteiger partial charge on any atom is -0.300 e. The largest absolute Gasteiger partial charge is 0.300 e. The van der Waals surface area contributed by atoms with Gasteiger partial charge < -0.3 is 0 Å². The molecule has 0 atom stereocenters. The highest BCUT2D eigenvalue weighted by atomic mass is 35.5. The van der Waals surface area contributed by atoms with Gasteiger partial charge in [0, 0.05) is 27.6 Å². The second kappa shape index (κ2) is 9.13. The van der Waals surface area contributed by atoms with Crippen molar-refractivity contribution in [2.24, 2.45) is 0 Å². The minimum atomic E-state index is -3.80. The van der Waals surface area contributed by atoms with E-state index in [0.29, 0.717) is 21.7 Å². The normalized spacial score (nSPS) is 11.3. The summed E-state index contributed by atoms with van der Waals surface area (Å²) in [5.41, 5.74) is 1.58. The predicted molar refractivity (Wildman–Crippen MR) is 118 cm³/mol. The maximum Gasteiger partial charge on any atom is 0.193 e. The lowest BCUT2D eigenvalue weighted by Gasteiger charge is -2.12. The van der Waals surface area contributed by atoms with E-state index in [4.69, 9.17) is 23.2 Å². The summed E-state index contributed by atoms with van der Waals surface area (Å²) in [5, 5.41) is 0.551. The van der Waals surface area contributed by atoms with E-state index in [0.717, 1.165) is 0 Å². The van der Waals surface area contributed by atoms with Gasteiger partial charge in [-0.2, -0.15) is 0 Å². The standard InChI is InChI=1S/C23H18Cl2O4S/c1-15(26)11-17-8-10-20(13-22(17)25)30(28,29)14-18-7-9-19(24)12-21(18)23(27)16-5-3-2-4-6-16/h2-10,12-13H,11,14H2,1H3. The summed E-state index contributed by atoms with van der Waals surface area (Å²) in [7, 11) is -3.80. The number of carbonyl (C=O) groups excluding carboxylic acids is 2. The van der Waals surface area contributed by atoms with Crippen LogP contribution < -0.4 is 0 Å². The van der Waals surface area contributed by atoms with Crippen LogP contribution in [0, 0.1) is 0 Å². The summed E-state index contributed by atoms with van der Waals surface area (Å²) in [6.07, 6.45) is 0.131. The van der Waals surface area contributed by atoms with Crippen molar-refractivity contribution in [3.8, 4) is 0 Å². The summed E-state index contributed by atoms with van der Waals surface area (Å²) >= 11 is 12.2. The fourth-order valence-corrected chi connectivity index (χ4v) is 4.94. The van der Waals surface area contributed by atoms with Crippen molar-refractivity contribution >= 4 is 44.6 Å². The Balaban J connectivity index is 1.97. The van der Waals surface area contributed by atoms with E-state index < -0.39 is 9.84 Å². The first kappa shape index (κ1) is 22.2. The van der Waals surface area contributed by atoms with Gasteiger partial charge in [0.15, 0.2) is 15.6 Å². The summed E-state index contributed by atoms with van der Waals surface area (Å²) < 4.78 is 26.0. The van der Waals surface area contributed by atoms with E-state index in [-0.39, 0.29) is 39.2 Å². The zero-order valence-corrected chi connectivity index (χ0v) is 18.4. The van der Waals surface area contributed by atoms with Crippen molar-refractivity contribution in [2.75, 3.05) is 0 Å². The fraction of sp³-hybridized carbons (Fsp3) is 0.130. The van der Waals surface area contributed by atoms with Gasteiger partial charge in [-0.15, -0.1) is 0 Å². The van der Waals surface area contributed by atoms with Crippen LogP contribution in [0.25, 0.3) is 0 Å². The SMILES string of the molecule is CC(=O)Cc1ccc(S(=O)(=O)Cc2ccc(Cl)cc2C(=O)c2ccccc2)cc1Cl. The Morgan fingerprint density at radius 1 is 0.867 bits per heavy atom. The Bertz CT molecular complexity index is 1220. The number of halogens is 2. The van der Waals surface area contributed by atoms with Crippen molar-refractivity contribution < 1.29 is 18.0 Å². The first-order valence-corrected chi connectivity index (χ1v) is 11.5. The van der Waals surface area contributed by atoms with Crippen LogP contribution in [0.2, 0.25) is 10.0 Å². The smallest absolute Gasteiger partial charge is 0.193 e. The van der Waals surface area contributed by atoms with Crippen LogP contribution in [0.1, 0.15) is 34.0 Å². The average molecular weight is 461 g/mol. The third-order valence-corrected chi connectivity index (χ3v) is 6.77. The number of sulfone groups is 1. The van der Waals surface area contributed by atoms with Crippen molar-refractivity contribution in [1.29, 1.82) is 0 Å². The van der Waals surface area contributed by atoms with Gasteiger partial charge in [0.1, 0.15) is 5.78 Å². The number of ketones is 2. The van der Waals surface area contributed by atoms with Crippen LogP contribution in [0.5, 0.6) is 0 Å². The maximum atomic E-state index is 13.0. The number of benzene rings is 3. The quantitative estimate of drug-likeness (QED) is 0.446. The fourth-order valence-electron chi connectivity index (χ4n) is 3.05. The molecule has 0 saturated heterocycles. The van der Waals surface area contributed by atoms with Crippen molar-refractivity contribution in [2.45, 2.75) is 24.0 Å². The molecule has 0 bridgehead atoms. The van der Waals surface area contributed by atoms with E-state index in [1.165, 1.54) is 31.2 Å². The zero-order chi connectivity index (χ0) is 21.9. The van der Waals surface area contributed by atoms with Crippen LogP contribution in [0.4, 0.5) is 0 Å². The second-order valence-corrected chi connectivity index (χ2v) is 9.72. The number of rotatable bonds is 7. The van der Waals surface area contributed by atoms with Crippen LogP contribution >= 0.6 is 23.2 Å². The van der Waals surface area contributed by atoms with Crippen molar-refractivity contribution in [3.63, 3.8) is 0 Å². The molecule has 0 amide bonds. The molecule has 0 saturated carbocycles. The van der Waals surface area contributed by atoms with Gasteiger partial charge in [-0.1, -0.05) is 65.7 Å². The summed E-state index contributed by atoms with van der Waals surface area (Å²) in [5.74, 6) is -0.767. The first-order chi connectivity index (χ1) is 14.2. The van der Waals surface area contributed by atoms with Crippen LogP contribution in [0.3, 0.4) is 0 Å². The molecule has 0 radical (unpaired) electrons. The zero-order valence-electron chi connectivity index (χ0n) is 16.1. The first-order valence-electron chi connectivity index (χ1n) is 9.06. The lowest BCUT2D eigenvalue weighted by Crippen LogP contribution is -2.11. The second-order valence-electron chi connectivity index (χ2n) is 6.89. The third-order valence-electron chi connectivity index (χ3n) is 4.52. The molecule has 0 aromatic heterocycles. The van der Waals surface area contributed by atoms with Gasteiger partial charge >= 0.3 is 0 Å². The van der Waals surface area contributed by atoms with E-state index in [1.807, 2.05) is 0 Å². The molecule has 7 heteroatoms. The van der Waals surface area contributed by atoms with Gasteiger partial charge in [0.2, 0.25) is 0 Å². The Kier molecular flexibility index (Phi) is 6.76. The Hall–Kier alpha value is -2.47. The number of hydrogen-bond acceptors (Lipinski definition) is 4. The molecular weight excluding hydrogens is 443 g/mol. The Morgan fingerprint density at radius 2 is 1.53 bits per heavy atom. The third kappa shape index (κ3) is 5.17. The molecule has 3 aromatic rings. The molecule has 0 unspecified atom stereocenters. The highest BCUT2D eigenvalue weighted by molar-refractivity contribution is 7.90. The predicted octanol–water partition coefficient (Wildman–Crippen LogP) is 5.33. The molecule has 0 aliphatic heterocycles. The highest BCUT2D eigenvalue weighted by Gasteiger charge is 2.22. The minimum absolute atomic E-state index is 0.0212. The Morgan fingerprint density at radius 3 is 2.17 bits per heavy atom. The highest BCUT2D eigenvalue weighted by Crippen LogP contribution is 2.27. The molecule has 0 aliphatic carbocycles. The van der Waals surface area contributed by atoms with E-state index in [2.05, 4.69) is 0 Å². The number of Topliss-reactive ketones (excluding diaryl/α,β-unsaturated/α-hetero) is 1. The van der Waals surface area contributed by atoms with Gasteiger partial charge in [-0.25, -0.2) is 8.42 Å². The maximum absolute atomic E-state index is 13.0. The van der Waals surface area contributed by atoms with Gasteiger partial charge in [0.05, 0.1) is 10.6 Å². The lowest BCUT2D eigenvalue weighted by atomic mass is 9.99. The van der Waals surface area contributed by atoms with Crippen LogP contribution in [-0.4, -0.2) is 20.0 Å². The van der Waals surface area contributed by atoms with E-state index >= 15 is 0 Å². The molecular formula is C23H18Cl2O4S. The van der Waals surface area contributed by atoms with Crippen LogP contribution in [-0.2, 0) is 26.8 Å². The summed E-state index contributed by atoms with van der Waals surface area (Å²) in [6.45, 7) is 1.44. The van der Waals surface area contributed by atoms with Crippen molar-refractivity contribution in [3.05, 3.63) is 99.0 Å². The molecule has 30 heavy (non-hydrogen) atoms. The molecule has 154 valence electrons. The van der Waals surface area contributed by atoms with E-state index in [9.17, 15) is 18.0 Å². The number of hydrogen-bond donors (Lipinski definition) is 0. The van der Waals surface area contributed by atoms with Crippen LogP contribution in [0.15, 0.2) is 71.6 Å². The molecule has 0 fully saturated rings. The molecule has 3 rings (SSSR count). The topological polar surface area (TPSA) is 68.3 Å². The summed E-state index contributed by atoms with van der Waals surface area (Å²) in [4.78, 5) is 24.3. The van der Waals surface area contributed by atoms with Gasteiger partial charge in [-0.05, 0) is 42.3 Å². The van der Waals surface area contributed by atoms with Gasteiger partial charge in [-0.3, -0.25) is 9.59 Å². The lowest BCUT2D eigenvalue weighted by molar-refractivity contribution is -0.116. The van der Waals surface area contributed by atoms with E-state index in [1.54, 1.807) is 42.5 Å². The summed E-state index contributed by atoms with van der Waals surface area (Å²) in [6, 6.07) is 17.5.